The summed E-state index contributed by atoms with van der Waals surface area (Å²) in [5.74, 6) is -0.291. The Kier molecular flexibility index (Phi) is 3.50. The highest BCUT2D eigenvalue weighted by Crippen LogP contribution is 2.26. The molecule has 0 amide bonds. The number of ether oxygens (including phenoxy) is 1. The minimum absolute atomic E-state index is 0.258. The van der Waals surface area contributed by atoms with Crippen LogP contribution in [0, 0.1) is 0 Å². The van der Waals surface area contributed by atoms with Gasteiger partial charge in [0.1, 0.15) is 11.4 Å². The number of hydrogen-bond acceptors (Lipinski definition) is 3. The van der Waals surface area contributed by atoms with E-state index in [-0.39, 0.29) is 11.4 Å². The van der Waals surface area contributed by atoms with Gasteiger partial charge in [0.25, 0.3) is 0 Å². The Bertz CT molecular complexity index is 579. The molecule has 0 spiro atoms. The SMILES string of the molecule is O=Cc1cc(-c2ccc(OC(F)(F)F)cc2)ccn1. The van der Waals surface area contributed by atoms with E-state index >= 15 is 0 Å². The summed E-state index contributed by atoms with van der Waals surface area (Å²) in [7, 11) is 0. The summed E-state index contributed by atoms with van der Waals surface area (Å²) < 4.78 is 39.8. The fraction of sp³-hybridized carbons (Fsp3) is 0.0769. The Hall–Kier alpha value is -2.37. The zero-order valence-electron chi connectivity index (χ0n) is 9.52. The maximum atomic E-state index is 12.0. The number of hydrogen-bond donors (Lipinski definition) is 0. The van der Waals surface area contributed by atoms with Crippen LogP contribution in [0.5, 0.6) is 5.75 Å². The topological polar surface area (TPSA) is 39.2 Å². The highest BCUT2D eigenvalue weighted by Gasteiger charge is 2.30. The Balaban J connectivity index is 2.24. The van der Waals surface area contributed by atoms with Crippen LogP contribution in [-0.4, -0.2) is 17.6 Å². The van der Waals surface area contributed by atoms with Gasteiger partial charge >= 0.3 is 6.36 Å². The van der Waals surface area contributed by atoms with Crippen LogP contribution in [0.25, 0.3) is 11.1 Å². The molecule has 1 aromatic heterocycles. The van der Waals surface area contributed by atoms with Gasteiger partial charge in [0.2, 0.25) is 0 Å². The lowest BCUT2D eigenvalue weighted by molar-refractivity contribution is -0.274. The van der Waals surface area contributed by atoms with Crippen molar-refractivity contribution in [3.05, 3.63) is 48.3 Å². The number of alkyl halides is 3. The molecule has 1 aromatic carbocycles. The molecule has 3 nitrogen and oxygen atoms in total. The van der Waals surface area contributed by atoms with Crippen molar-refractivity contribution in [2.75, 3.05) is 0 Å². The van der Waals surface area contributed by atoms with Crippen molar-refractivity contribution in [3.63, 3.8) is 0 Å². The number of benzene rings is 1. The van der Waals surface area contributed by atoms with E-state index in [1.807, 2.05) is 0 Å². The Morgan fingerprint density at radius 2 is 1.74 bits per heavy atom. The van der Waals surface area contributed by atoms with Crippen molar-refractivity contribution in [1.29, 1.82) is 0 Å². The summed E-state index contributed by atoms with van der Waals surface area (Å²) in [6.07, 6.45) is -2.65. The predicted molar refractivity (Wildman–Crippen MR) is 61.7 cm³/mol. The summed E-state index contributed by atoms with van der Waals surface area (Å²) in [4.78, 5) is 14.4. The third-order valence-electron chi connectivity index (χ3n) is 2.32. The van der Waals surface area contributed by atoms with E-state index in [1.165, 1.54) is 30.5 Å². The lowest BCUT2D eigenvalue weighted by Gasteiger charge is -2.09. The lowest BCUT2D eigenvalue weighted by Crippen LogP contribution is -2.16. The molecule has 1 heterocycles. The van der Waals surface area contributed by atoms with Crippen LogP contribution < -0.4 is 4.74 Å². The van der Waals surface area contributed by atoms with Crippen LogP contribution in [0.1, 0.15) is 10.5 Å². The number of carbonyl (C=O) groups excluding carboxylic acids is 1. The molecule has 0 saturated heterocycles. The summed E-state index contributed by atoms with van der Waals surface area (Å²) in [5.41, 5.74) is 1.61. The first kappa shape index (κ1) is 13.1. The summed E-state index contributed by atoms with van der Waals surface area (Å²) in [5, 5.41) is 0. The van der Waals surface area contributed by atoms with Crippen LogP contribution in [0.2, 0.25) is 0 Å². The van der Waals surface area contributed by atoms with Crippen molar-refractivity contribution in [1.82, 2.24) is 4.98 Å². The molecule has 2 aromatic rings. The first-order valence-corrected chi connectivity index (χ1v) is 5.25. The van der Waals surface area contributed by atoms with E-state index in [9.17, 15) is 18.0 Å². The van der Waals surface area contributed by atoms with Crippen LogP contribution in [-0.2, 0) is 0 Å². The smallest absolute Gasteiger partial charge is 0.406 e. The second kappa shape index (κ2) is 5.09. The van der Waals surface area contributed by atoms with Crippen LogP contribution >= 0.6 is 0 Å². The van der Waals surface area contributed by atoms with Crippen LogP contribution in [0.4, 0.5) is 13.2 Å². The number of aromatic nitrogens is 1. The molecular weight excluding hydrogens is 259 g/mol. The first-order valence-electron chi connectivity index (χ1n) is 5.25. The van der Waals surface area contributed by atoms with Gasteiger partial charge in [-0.05, 0) is 35.4 Å². The highest BCUT2D eigenvalue weighted by molar-refractivity contribution is 5.76. The molecular formula is C13H8F3NO2. The van der Waals surface area contributed by atoms with E-state index in [0.717, 1.165) is 0 Å². The van der Waals surface area contributed by atoms with Gasteiger partial charge in [-0.3, -0.25) is 9.78 Å². The monoisotopic (exact) mass is 267 g/mol. The molecule has 0 fully saturated rings. The molecule has 0 atom stereocenters. The molecule has 0 bridgehead atoms. The quantitative estimate of drug-likeness (QED) is 0.799. The van der Waals surface area contributed by atoms with Crippen molar-refractivity contribution in [3.8, 4) is 16.9 Å². The van der Waals surface area contributed by atoms with E-state index in [2.05, 4.69) is 9.72 Å². The molecule has 0 aliphatic carbocycles. The minimum Gasteiger partial charge on any atom is -0.406 e. The lowest BCUT2D eigenvalue weighted by atomic mass is 10.1. The molecule has 0 radical (unpaired) electrons. The number of halogens is 3. The van der Waals surface area contributed by atoms with Crippen molar-refractivity contribution < 1.29 is 22.7 Å². The van der Waals surface area contributed by atoms with Gasteiger partial charge in [0, 0.05) is 6.20 Å². The standard InChI is InChI=1S/C13H8F3NO2/c14-13(15,16)19-12-3-1-9(2-4-12)10-5-6-17-11(7-10)8-18/h1-8H. The molecule has 2 rings (SSSR count). The van der Waals surface area contributed by atoms with Crippen molar-refractivity contribution in [2.24, 2.45) is 0 Å². The average molecular weight is 267 g/mol. The van der Waals surface area contributed by atoms with Gasteiger partial charge in [-0.2, -0.15) is 0 Å². The van der Waals surface area contributed by atoms with Gasteiger partial charge in [0.15, 0.2) is 6.29 Å². The summed E-state index contributed by atoms with van der Waals surface area (Å²) in [6.45, 7) is 0. The molecule has 0 aliphatic heterocycles. The Morgan fingerprint density at radius 1 is 1.05 bits per heavy atom. The molecule has 0 unspecified atom stereocenters. The second-order valence-corrected chi connectivity index (χ2v) is 3.66. The maximum absolute atomic E-state index is 12.0. The normalized spacial score (nSPS) is 11.1. The average Bonchev–Trinajstić information content (AvgIpc) is 2.38. The van der Waals surface area contributed by atoms with Gasteiger partial charge in [-0.1, -0.05) is 12.1 Å². The molecule has 19 heavy (non-hydrogen) atoms. The molecule has 0 N–H and O–H groups in total. The third-order valence-corrected chi connectivity index (χ3v) is 2.32. The third kappa shape index (κ3) is 3.54. The van der Waals surface area contributed by atoms with Crippen molar-refractivity contribution >= 4 is 6.29 Å². The fourth-order valence-corrected chi connectivity index (χ4v) is 1.54. The second-order valence-electron chi connectivity index (χ2n) is 3.66. The summed E-state index contributed by atoms with van der Waals surface area (Å²) in [6, 6.07) is 8.59. The summed E-state index contributed by atoms with van der Waals surface area (Å²) >= 11 is 0. The molecule has 0 saturated carbocycles. The first-order chi connectivity index (χ1) is 8.98. The minimum atomic E-state index is -4.71. The van der Waals surface area contributed by atoms with Gasteiger partial charge in [-0.15, -0.1) is 13.2 Å². The van der Waals surface area contributed by atoms with E-state index in [4.69, 9.17) is 0 Å². The zero-order chi connectivity index (χ0) is 13.9. The largest absolute Gasteiger partial charge is 0.573 e. The zero-order valence-corrected chi connectivity index (χ0v) is 9.52. The van der Waals surface area contributed by atoms with Gasteiger partial charge in [0.05, 0.1) is 0 Å². The van der Waals surface area contributed by atoms with E-state index in [1.54, 1.807) is 12.1 Å². The number of pyridine rings is 1. The predicted octanol–water partition coefficient (Wildman–Crippen LogP) is 3.46. The fourth-order valence-electron chi connectivity index (χ4n) is 1.54. The van der Waals surface area contributed by atoms with E-state index < -0.39 is 6.36 Å². The molecule has 6 heteroatoms. The highest BCUT2D eigenvalue weighted by atomic mass is 19.4. The number of nitrogens with zero attached hydrogens (tertiary/aromatic N) is 1. The number of carbonyl (C=O) groups is 1. The Morgan fingerprint density at radius 3 is 2.32 bits per heavy atom. The molecule has 98 valence electrons. The Labute approximate surface area is 106 Å². The number of rotatable bonds is 3. The van der Waals surface area contributed by atoms with Crippen molar-refractivity contribution in [2.45, 2.75) is 6.36 Å². The number of aldehydes is 1. The van der Waals surface area contributed by atoms with Gasteiger partial charge in [-0.25, -0.2) is 0 Å². The van der Waals surface area contributed by atoms with Crippen LogP contribution in [0.15, 0.2) is 42.6 Å². The maximum Gasteiger partial charge on any atom is 0.573 e. The van der Waals surface area contributed by atoms with Crippen LogP contribution in [0.3, 0.4) is 0 Å². The molecule has 0 aliphatic rings. The van der Waals surface area contributed by atoms with E-state index in [0.29, 0.717) is 17.4 Å². The van der Waals surface area contributed by atoms with Gasteiger partial charge < -0.3 is 4.74 Å².